The fraction of sp³-hybridized carbons (Fsp3) is 0.133. The summed E-state index contributed by atoms with van der Waals surface area (Å²) in [6.45, 7) is 1.71. The molecule has 3 aromatic rings. The summed E-state index contributed by atoms with van der Waals surface area (Å²) in [4.78, 5) is 20.2. The monoisotopic (exact) mass is 295 g/mol. The molecule has 4 rings (SSSR count). The van der Waals surface area contributed by atoms with Gasteiger partial charge in [0.1, 0.15) is 5.75 Å². The largest absolute Gasteiger partial charge is 0.479 e. The number of aromatic nitrogens is 3. The molecule has 110 valence electrons. The van der Waals surface area contributed by atoms with E-state index in [1.807, 2.05) is 35.0 Å². The highest BCUT2D eigenvalue weighted by molar-refractivity contribution is 5.98. The van der Waals surface area contributed by atoms with Crippen molar-refractivity contribution in [1.82, 2.24) is 14.4 Å². The maximum atomic E-state index is 11.7. The first-order valence-electron chi connectivity index (χ1n) is 6.83. The topological polar surface area (TPSA) is 94.5 Å². The van der Waals surface area contributed by atoms with E-state index in [-0.39, 0.29) is 5.91 Å². The lowest BCUT2D eigenvalue weighted by Crippen LogP contribution is -2.34. The number of nitrogens with two attached hydrogens (primary N) is 1. The van der Waals surface area contributed by atoms with Crippen molar-refractivity contribution in [3.8, 4) is 17.0 Å². The molecule has 1 atom stereocenters. The average molecular weight is 295 g/mol. The lowest BCUT2D eigenvalue weighted by Gasteiger charge is -2.23. The first kappa shape index (κ1) is 12.6. The molecule has 0 fully saturated rings. The molecule has 22 heavy (non-hydrogen) atoms. The van der Waals surface area contributed by atoms with E-state index in [2.05, 4.69) is 15.3 Å². The summed E-state index contributed by atoms with van der Waals surface area (Å²) >= 11 is 0. The van der Waals surface area contributed by atoms with Crippen LogP contribution in [0.3, 0.4) is 0 Å². The highest BCUT2D eigenvalue weighted by Gasteiger charge is 2.23. The van der Waals surface area contributed by atoms with E-state index in [0.717, 1.165) is 5.56 Å². The van der Waals surface area contributed by atoms with E-state index in [4.69, 9.17) is 10.5 Å². The van der Waals surface area contributed by atoms with Gasteiger partial charge in [-0.2, -0.15) is 0 Å². The van der Waals surface area contributed by atoms with Crippen molar-refractivity contribution in [2.75, 3.05) is 11.1 Å². The van der Waals surface area contributed by atoms with Crippen LogP contribution in [0.2, 0.25) is 0 Å². The number of amides is 1. The summed E-state index contributed by atoms with van der Waals surface area (Å²) in [5.41, 5.74) is 8.70. The van der Waals surface area contributed by atoms with Gasteiger partial charge < -0.3 is 20.2 Å². The Bertz CT molecular complexity index is 902. The number of ether oxygens (including phenoxy) is 1. The highest BCUT2D eigenvalue weighted by Crippen LogP contribution is 2.33. The van der Waals surface area contributed by atoms with Gasteiger partial charge in [-0.1, -0.05) is 0 Å². The molecule has 7 nitrogen and oxygen atoms in total. The Labute approximate surface area is 125 Å². The molecule has 1 aliphatic heterocycles. The zero-order valence-corrected chi connectivity index (χ0v) is 11.8. The molecule has 0 saturated carbocycles. The van der Waals surface area contributed by atoms with Crippen LogP contribution in [0.15, 0.2) is 36.8 Å². The molecule has 0 aliphatic carbocycles. The van der Waals surface area contributed by atoms with Gasteiger partial charge in [0.2, 0.25) is 0 Å². The third-order valence-corrected chi connectivity index (χ3v) is 3.61. The fourth-order valence-corrected chi connectivity index (χ4v) is 2.46. The van der Waals surface area contributed by atoms with Gasteiger partial charge in [0.05, 0.1) is 11.4 Å². The van der Waals surface area contributed by atoms with Gasteiger partial charge in [-0.3, -0.25) is 4.79 Å². The number of benzene rings is 1. The minimum atomic E-state index is -0.491. The summed E-state index contributed by atoms with van der Waals surface area (Å²) in [7, 11) is 0. The second-order valence-corrected chi connectivity index (χ2v) is 5.13. The van der Waals surface area contributed by atoms with Crippen molar-refractivity contribution >= 4 is 23.1 Å². The molecule has 1 aliphatic rings. The Kier molecular flexibility index (Phi) is 2.56. The number of rotatable bonds is 1. The maximum Gasteiger partial charge on any atom is 0.265 e. The summed E-state index contributed by atoms with van der Waals surface area (Å²) in [5.74, 6) is 0.837. The van der Waals surface area contributed by atoms with Crippen molar-refractivity contribution in [3.05, 3.63) is 36.8 Å². The normalized spacial score (nSPS) is 17.0. The second-order valence-electron chi connectivity index (χ2n) is 5.13. The lowest BCUT2D eigenvalue weighted by atomic mass is 10.1. The number of nitrogens with zero attached hydrogens (tertiary/aromatic N) is 3. The molecule has 0 bridgehead atoms. The minimum absolute atomic E-state index is 0.165. The maximum absolute atomic E-state index is 11.7. The summed E-state index contributed by atoms with van der Waals surface area (Å²) < 4.78 is 7.36. The predicted octanol–water partition coefficient (Wildman–Crippen LogP) is 1.70. The number of anilines is 2. The van der Waals surface area contributed by atoms with Gasteiger partial charge in [0.25, 0.3) is 5.91 Å². The molecule has 3 heterocycles. The van der Waals surface area contributed by atoms with E-state index < -0.39 is 6.10 Å². The minimum Gasteiger partial charge on any atom is -0.479 e. The molecule has 1 amide bonds. The van der Waals surface area contributed by atoms with E-state index in [9.17, 15) is 4.79 Å². The number of carbonyl (C=O) groups is 1. The van der Waals surface area contributed by atoms with Crippen LogP contribution in [0.1, 0.15) is 6.92 Å². The Hall–Kier alpha value is -3.09. The molecule has 1 aromatic carbocycles. The van der Waals surface area contributed by atoms with Crippen LogP contribution < -0.4 is 15.8 Å². The van der Waals surface area contributed by atoms with Gasteiger partial charge >= 0.3 is 0 Å². The number of nitrogens with one attached hydrogen (secondary N) is 1. The Morgan fingerprint density at radius 1 is 1.41 bits per heavy atom. The van der Waals surface area contributed by atoms with Crippen LogP contribution in [-0.4, -0.2) is 26.4 Å². The zero-order valence-electron chi connectivity index (χ0n) is 11.8. The van der Waals surface area contributed by atoms with Gasteiger partial charge in [0.15, 0.2) is 17.6 Å². The van der Waals surface area contributed by atoms with E-state index >= 15 is 0 Å². The molecule has 1 unspecified atom stereocenters. The van der Waals surface area contributed by atoms with Crippen molar-refractivity contribution in [3.63, 3.8) is 0 Å². The van der Waals surface area contributed by atoms with Crippen LogP contribution in [-0.2, 0) is 4.79 Å². The van der Waals surface area contributed by atoms with Crippen molar-refractivity contribution < 1.29 is 9.53 Å². The fourth-order valence-electron chi connectivity index (χ4n) is 2.46. The van der Waals surface area contributed by atoms with Crippen LogP contribution in [0.4, 0.5) is 11.5 Å². The van der Waals surface area contributed by atoms with Crippen molar-refractivity contribution in [2.24, 2.45) is 0 Å². The molecular formula is C15H13N5O2. The SMILES string of the molecule is CC1Oc2ccc(-c3cn4ccnc4c(N)n3)cc2NC1=O. The van der Waals surface area contributed by atoms with Crippen molar-refractivity contribution in [1.29, 1.82) is 0 Å². The number of carbonyl (C=O) groups excluding carboxylic acids is 1. The summed E-state index contributed by atoms with van der Waals surface area (Å²) in [6.07, 6.45) is 4.82. The number of hydrogen-bond donors (Lipinski definition) is 2. The van der Waals surface area contributed by atoms with Gasteiger partial charge in [-0.15, -0.1) is 0 Å². The standard InChI is InChI=1S/C15H13N5O2/c1-8-15(21)19-10-6-9(2-3-12(10)22-8)11-7-20-5-4-17-14(20)13(16)18-11/h2-8H,1H3,(H2,16,18)(H,19,21). The molecule has 0 radical (unpaired) electrons. The molecular weight excluding hydrogens is 282 g/mol. The number of hydrogen-bond acceptors (Lipinski definition) is 5. The third kappa shape index (κ3) is 1.86. The van der Waals surface area contributed by atoms with E-state index in [1.165, 1.54) is 0 Å². The molecule has 7 heteroatoms. The lowest BCUT2D eigenvalue weighted by molar-refractivity contribution is -0.122. The van der Waals surface area contributed by atoms with Crippen LogP contribution in [0.25, 0.3) is 16.9 Å². The first-order valence-corrected chi connectivity index (χ1v) is 6.83. The van der Waals surface area contributed by atoms with Gasteiger partial charge in [-0.25, -0.2) is 9.97 Å². The van der Waals surface area contributed by atoms with Crippen LogP contribution in [0, 0.1) is 0 Å². The zero-order chi connectivity index (χ0) is 15.3. The highest BCUT2D eigenvalue weighted by atomic mass is 16.5. The predicted molar refractivity (Wildman–Crippen MR) is 81.6 cm³/mol. The second kappa shape index (κ2) is 4.45. The molecule has 2 aromatic heterocycles. The van der Waals surface area contributed by atoms with Gasteiger partial charge in [-0.05, 0) is 25.1 Å². The van der Waals surface area contributed by atoms with Crippen LogP contribution in [0.5, 0.6) is 5.75 Å². The van der Waals surface area contributed by atoms with Crippen molar-refractivity contribution in [2.45, 2.75) is 13.0 Å². The molecule has 0 saturated heterocycles. The van der Waals surface area contributed by atoms with E-state index in [1.54, 1.807) is 13.1 Å². The quantitative estimate of drug-likeness (QED) is 0.712. The first-order chi connectivity index (χ1) is 10.6. The Morgan fingerprint density at radius 3 is 3.14 bits per heavy atom. The Balaban J connectivity index is 1.82. The number of imidazole rings is 1. The third-order valence-electron chi connectivity index (χ3n) is 3.61. The average Bonchev–Trinajstić information content (AvgIpc) is 2.97. The Morgan fingerprint density at radius 2 is 2.27 bits per heavy atom. The summed E-state index contributed by atoms with van der Waals surface area (Å²) in [6, 6.07) is 5.52. The molecule has 3 N–H and O–H groups in total. The van der Waals surface area contributed by atoms with Crippen LogP contribution >= 0.6 is 0 Å². The molecule has 0 spiro atoms. The smallest absolute Gasteiger partial charge is 0.265 e. The number of nitrogen functional groups attached to an aromatic ring is 1. The summed E-state index contributed by atoms with van der Waals surface area (Å²) in [5, 5.41) is 2.82. The van der Waals surface area contributed by atoms with E-state index in [0.29, 0.717) is 28.6 Å². The number of fused-ring (bicyclic) bond motifs is 2. The van der Waals surface area contributed by atoms with Gasteiger partial charge in [0, 0.05) is 24.2 Å².